The first-order valence-electron chi connectivity index (χ1n) is 10.7. The lowest BCUT2D eigenvalue weighted by atomic mass is 9.73. The Morgan fingerprint density at radius 2 is 2.10 bits per heavy atom. The van der Waals surface area contributed by atoms with Crippen LogP contribution < -0.4 is 5.32 Å². The molecule has 4 rings (SSSR count). The molecule has 2 aliphatic heterocycles. The number of ether oxygens (including phenoxy) is 1. The number of piperidine rings is 1. The predicted octanol–water partition coefficient (Wildman–Crippen LogP) is 2.82. The summed E-state index contributed by atoms with van der Waals surface area (Å²) in [6.07, 6.45) is 7.08. The fourth-order valence-electron chi connectivity index (χ4n) is 4.81. The highest BCUT2D eigenvalue weighted by molar-refractivity contribution is 5.86. The van der Waals surface area contributed by atoms with Crippen LogP contribution in [-0.4, -0.2) is 54.5 Å². The summed E-state index contributed by atoms with van der Waals surface area (Å²) in [6, 6.07) is 12.1. The van der Waals surface area contributed by atoms with Crippen LogP contribution in [0.2, 0.25) is 0 Å². The second kappa shape index (κ2) is 8.96. The van der Waals surface area contributed by atoms with Gasteiger partial charge in [-0.2, -0.15) is 0 Å². The topological polar surface area (TPSA) is 71.5 Å². The molecule has 1 aromatic carbocycles. The van der Waals surface area contributed by atoms with Crippen LogP contribution >= 0.6 is 0 Å². The Morgan fingerprint density at radius 1 is 1.23 bits per heavy atom. The second-order valence-corrected chi connectivity index (χ2v) is 8.30. The van der Waals surface area contributed by atoms with E-state index in [-0.39, 0.29) is 17.9 Å². The number of aromatic nitrogens is 1. The van der Waals surface area contributed by atoms with Crippen LogP contribution in [0.15, 0.2) is 48.8 Å². The van der Waals surface area contributed by atoms with Gasteiger partial charge in [-0.15, -0.1) is 0 Å². The number of hydrogen-bond donors (Lipinski definition) is 1. The average molecular weight is 408 g/mol. The molecule has 2 saturated heterocycles. The van der Waals surface area contributed by atoms with Crippen molar-refractivity contribution in [2.75, 3.05) is 26.7 Å². The Labute approximate surface area is 177 Å². The van der Waals surface area contributed by atoms with Crippen LogP contribution in [0.25, 0.3) is 11.1 Å². The third-order valence-electron chi connectivity index (χ3n) is 6.32. The molecule has 2 atom stereocenters. The van der Waals surface area contributed by atoms with Gasteiger partial charge in [-0.25, -0.2) is 0 Å². The molecule has 6 heteroatoms. The van der Waals surface area contributed by atoms with E-state index >= 15 is 0 Å². The smallest absolute Gasteiger partial charge is 0.251 e. The molecular formula is C24H29N3O3. The zero-order valence-electron chi connectivity index (χ0n) is 17.5. The van der Waals surface area contributed by atoms with Crippen LogP contribution in [-0.2, 0) is 20.7 Å². The van der Waals surface area contributed by atoms with Crippen molar-refractivity contribution in [1.29, 1.82) is 0 Å². The number of nitrogens with one attached hydrogen (secondary N) is 1. The van der Waals surface area contributed by atoms with Crippen molar-refractivity contribution in [3.05, 3.63) is 54.4 Å². The highest BCUT2D eigenvalue weighted by Crippen LogP contribution is 2.37. The number of benzene rings is 1. The standard InChI is InChI=1S/C24H29N3O3/c1-25-23(29)24(11-6-13-27(17-24)22(28)21-10-5-14-30-21)15-18-7-2-3-9-20(18)19-8-4-12-26-16-19/h2-4,7-9,12,16,21H,5-6,10-11,13-15,17H2,1H3,(H,25,29)/t21-,24+/m0/s1. The van der Waals surface area contributed by atoms with E-state index in [9.17, 15) is 9.59 Å². The number of pyridine rings is 1. The van der Waals surface area contributed by atoms with Gasteiger partial charge < -0.3 is 15.0 Å². The zero-order chi connectivity index (χ0) is 21.0. The summed E-state index contributed by atoms with van der Waals surface area (Å²) >= 11 is 0. The van der Waals surface area contributed by atoms with Gasteiger partial charge in [0.1, 0.15) is 6.10 Å². The van der Waals surface area contributed by atoms with E-state index in [0.29, 0.717) is 26.1 Å². The molecule has 0 unspecified atom stereocenters. The monoisotopic (exact) mass is 407 g/mol. The molecule has 0 saturated carbocycles. The lowest BCUT2D eigenvalue weighted by Gasteiger charge is -2.42. The summed E-state index contributed by atoms with van der Waals surface area (Å²) in [5.41, 5.74) is 2.56. The number of nitrogens with zero attached hydrogens (tertiary/aromatic N) is 2. The van der Waals surface area contributed by atoms with Crippen LogP contribution in [0.5, 0.6) is 0 Å². The van der Waals surface area contributed by atoms with Crippen molar-refractivity contribution in [2.45, 2.75) is 38.2 Å². The van der Waals surface area contributed by atoms with Gasteiger partial charge in [-0.3, -0.25) is 14.6 Å². The molecule has 0 aliphatic carbocycles. The third kappa shape index (κ3) is 4.10. The van der Waals surface area contributed by atoms with E-state index < -0.39 is 5.41 Å². The van der Waals surface area contributed by atoms with E-state index in [1.807, 2.05) is 35.4 Å². The number of carbonyl (C=O) groups is 2. The van der Waals surface area contributed by atoms with Crippen molar-refractivity contribution >= 4 is 11.8 Å². The average Bonchev–Trinajstić information content (AvgIpc) is 3.34. The summed E-state index contributed by atoms with van der Waals surface area (Å²) in [7, 11) is 1.68. The molecule has 1 aromatic heterocycles. The van der Waals surface area contributed by atoms with E-state index in [1.54, 1.807) is 13.2 Å². The molecule has 0 radical (unpaired) electrons. The summed E-state index contributed by atoms with van der Waals surface area (Å²) < 4.78 is 5.62. The SMILES string of the molecule is CNC(=O)[C@@]1(Cc2ccccc2-c2cccnc2)CCCN(C(=O)[C@@H]2CCCO2)C1. The Kier molecular flexibility index (Phi) is 6.13. The molecule has 0 bridgehead atoms. The minimum absolute atomic E-state index is 0.00618. The van der Waals surface area contributed by atoms with Crippen LogP contribution in [0.4, 0.5) is 0 Å². The molecule has 3 heterocycles. The van der Waals surface area contributed by atoms with E-state index in [4.69, 9.17) is 4.74 Å². The predicted molar refractivity (Wildman–Crippen MR) is 115 cm³/mol. The van der Waals surface area contributed by atoms with Gasteiger partial charge >= 0.3 is 0 Å². The summed E-state index contributed by atoms with van der Waals surface area (Å²) in [5, 5.41) is 2.86. The first-order valence-corrected chi connectivity index (χ1v) is 10.7. The van der Waals surface area contributed by atoms with Crippen molar-refractivity contribution in [2.24, 2.45) is 5.41 Å². The maximum Gasteiger partial charge on any atom is 0.251 e. The van der Waals surface area contributed by atoms with Gasteiger partial charge in [0.15, 0.2) is 0 Å². The third-order valence-corrected chi connectivity index (χ3v) is 6.32. The number of rotatable bonds is 5. The highest BCUT2D eigenvalue weighted by atomic mass is 16.5. The molecule has 30 heavy (non-hydrogen) atoms. The second-order valence-electron chi connectivity index (χ2n) is 8.30. The van der Waals surface area contributed by atoms with Gasteiger partial charge in [0.05, 0.1) is 5.41 Å². The van der Waals surface area contributed by atoms with E-state index in [0.717, 1.165) is 42.4 Å². The quantitative estimate of drug-likeness (QED) is 0.827. The lowest BCUT2D eigenvalue weighted by Crippen LogP contribution is -2.55. The minimum Gasteiger partial charge on any atom is -0.368 e. The molecule has 2 aromatic rings. The minimum atomic E-state index is -0.653. The summed E-state index contributed by atoms with van der Waals surface area (Å²) in [6.45, 7) is 1.75. The molecule has 1 N–H and O–H groups in total. The maximum absolute atomic E-state index is 13.1. The van der Waals surface area contributed by atoms with Crippen LogP contribution in [0.1, 0.15) is 31.2 Å². The van der Waals surface area contributed by atoms with Crippen LogP contribution in [0, 0.1) is 5.41 Å². The van der Waals surface area contributed by atoms with Gasteiger partial charge in [-0.05, 0) is 49.3 Å². The Bertz CT molecular complexity index is 896. The van der Waals surface area contributed by atoms with Gasteiger partial charge in [0.2, 0.25) is 5.91 Å². The summed E-state index contributed by atoms with van der Waals surface area (Å²) in [4.78, 5) is 32.2. The molecule has 0 spiro atoms. The molecular weight excluding hydrogens is 378 g/mol. The molecule has 2 fully saturated rings. The number of likely N-dealkylation sites (tertiary alicyclic amines) is 1. The molecule has 6 nitrogen and oxygen atoms in total. The first kappa shape index (κ1) is 20.5. The van der Waals surface area contributed by atoms with E-state index in [2.05, 4.69) is 22.4 Å². The summed E-state index contributed by atoms with van der Waals surface area (Å²) in [5.74, 6) is 0.0225. The van der Waals surface area contributed by atoms with Crippen molar-refractivity contribution < 1.29 is 14.3 Å². The van der Waals surface area contributed by atoms with Gasteiger partial charge in [-0.1, -0.05) is 30.3 Å². The van der Waals surface area contributed by atoms with E-state index in [1.165, 1.54) is 0 Å². The van der Waals surface area contributed by atoms with Crippen LogP contribution in [0.3, 0.4) is 0 Å². The molecule has 2 aliphatic rings. The number of carbonyl (C=O) groups excluding carboxylic acids is 2. The molecule has 2 amide bonds. The lowest BCUT2D eigenvalue weighted by molar-refractivity contribution is -0.148. The normalized spacial score (nSPS) is 23.9. The zero-order valence-corrected chi connectivity index (χ0v) is 17.5. The molecule has 158 valence electrons. The van der Waals surface area contributed by atoms with Crippen molar-refractivity contribution in [1.82, 2.24) is 15.2 Å². The van der Waals surface area contributed by atoms with Gasteiger partial charge in [0.25, 0.3) is 5.91 Å². The maximum atomic E-state index is 13.1. The Morgan fingerprint density at radius 3 is 2.83 bits per heavy atom. The largest absolute Gasteiger partial charge is 0.368 e. The van der Waals surface area contributed by atoms with Gasteiger partial charge in [0, 0.05) is 44.7 Å². The fraction of sp³-hybridized carbons (Fsp3) is 0.458. The first-order chi connectivity index (χ1) is 14.6. The Balaban J connectivity index is 1.64. The highest BCUT2D eigenvalue weighted by Gasteiger charge is 2.44. The Hall–Kier alpha value is -2.73. The number of hydrogen-bond acceptors (Lipinski definition) is 4. The fourth-order valence-corrected chi connectivity index (χ4v) is 4.81. The van der Waals surface area contributed by atoms with Crippen molar-refractivity contribution in [3.8, 4) is 11.1 Å². The number of amides is 2. The van der Waals surface area contributed by atoms with Crippen molar-refractivity contribution in [3.63, 3.8) is 0 Å².